The molecule has 0 radical (unpaired) electrons. The number of amides is 2. The lowest BCUT2D eigenvalue weighted by Crippen LogP contribution is -2.48. The highest BCUT2D eigenvalue weighted by atomic mass is 32.1. The van der Waals surface area contributed by atoms with Crippen molar-refractivity contribution in [1.29, 1.82) is 0 Å². The van der Waals surface area contributed by atoms with Crippen molar-refractivity contribution in [2.24, 2.45) is 0 Å². The summed E-state index contributed by atoms with van der Waals surface area (Å²) in [7, 11) is 0. The Kier molecular flexibility index (Phi) is 10.6. The molecule has 1 fully saturated rings. The SMILES string of the molecule is O=C1C=CC(=O)N1CCC1CN(CCS)CCN(CCS)CCN1CCS. The van der Waals surface area contributed by atoms with Crippen LogP contribution in [0.5, 0.6) is 0 Å². The summed E-state index contributed by atoms with van der Waals surface area (Å²) in [6, 6.07) is 0.286. The Morgan fingerprint density at radius 1 is 0.778 bits per heavy atom. The van der Waals surface area contributed by atoms with Gasteiger partial charge in [-0.3, -0.25) is 29.2 Å². The highest BCUT2D eigenvalue weighted by molar-refractivity contribution is 7.80. The molecule has 1 saturated heterocycles. The van der Waals surface area contributed by atoms with E-state index in [2.05, 4.69) is 52.6 Å². The topological polar surface area (TPSA) is 47.1 Å². The number of carbonyl (C=O) groups excluding carboxylic acids is 2. The minimum absolute atomic E-state index is 0.198. The van der Waals surface area contributed by atoms with Gasteiger partial charge >= 0.3 is 0 Å². The molecule has 2 aliphatic rings. The first-order valence-electron chi connectivity index (χ1n) is 9.64. The van der Waals surface area contributed by atoms with Crippen molar-refractivity contribution in [3.63, 3.8) is 0 Å². The van der Waals surface area contributed by atoms with Crippen molar-refractivity contribution >= 4 is 49.7 Å². The predicted octanol–water partition coefficient (Wildman–Crippen LogP) is 0.379. The molecular formula is C18H32N4O2S3. The van der Waals surface area contributed by atoms with Gasteiger partial charge in [0.15, 0.2) is 0 Å². The van der Waals surface area contributed by atoms with Crippen molar-refractivity contribution < 1.29 is 9.59 Å². The average molecular weight is 433 g/mol. The number of hydrogen-bond acceptors (Lipinski definition) is 8. The van der Waals surface area contributed by atoms with E-state index >= 15 is 0 Å². The van der Waals surface area contributed by atoms with Crippen molar-refractivity contribution in [3.05, 3.63) is 12.2 Å². The fraction of sp³-hybridized carbons (Fsp3) is 0.778. The number of rotatable bonds is 9. The molecular weight excluding hydrogens is 400 g/mol. The van der Waals surface area contributed by atoms with E-state index in [1.807, 2.05) is 0 Å². The maximum atomic E-state index is 11.9. The Hall–Kier alpha value is -0.190. The summed E-state index contributed by atoms with van der Waals surface area (Å²) in [6.07, 6.45) is 3.50. The van der Waals surface area contributed by atoms with Crippen LogP contribution in [0.1, 0.15) is 6.42 Å². The molecule has 0 bridgehead atoms. The minimum atomic E-state index is -0.198. The number of imide groups is 1. The van der Waals surface area contributed by atoms with Crippen LogP contribution in [0.3, 0.4) is 0 Å². The van der Waals surface area contributed by atoms with Crippen LogP contribution < -0.4 is 0 Å². The zero-order valence-electron chi connectivity index (χ0n) is 15.9. The van der Waals surface area contributed by atoms with E-state index in [1.54, 1.807) is 0 Å². The molecule has 1 unspecified atom stereocenters. The van der Waals surface area contributed by atoms with Gasteiger partial charge in [-0.1, -0.05) is 0 Å². The summed E-state index contributed by atoms with van der Waals surface area (Å²) in [5.41, 5.74) is 0. The standard InChI is InChI=1S/C18H32N4O2S3/c23-17-1-2-18(24)22(17)4-3-16-15-20(10-13-26)6-5-19(9-12-25)7-8-21(16)11-14-27/h1-2,16,25-27H,3-15H2. The third-order valence-corrected chi connectivity index (χ3v) is 5.83. The molecule has 2 heterocycles. The summed E-state index contributed by atoms with van der Waals surface area (Å²) in [5, 5.41) is 0. The quantitative estimate of drug-likeness (QED) is 0.363. The lowest BCUT2D eigenvalue weighted by Gasteiger charge is -2.35. The Morgan fingerprint density at radius 3 is 1.96 bits per heavy atom. The van der Waals surface area contributed by atoms with Gasteiger partial charge in [-0.2, -0.15) is 37.9 Å². The molecule has 0 aromatic heterocycles. The lowest BCUT2D eigenvalue weighted by atomic mass is 10.1. The van der Waals surface area contributed by atoms with Crippen molar-refractivity contribution in [1.82, 2.24) is 19.6 Å². The molecule has 0 saturated carbocycles. The van der Waals surface area contributed by atoms with E-state index in [4.69, 9.17) is 0 Å². The molecule has 9 heteroatoms. The predicted molar refractivity (Wildman–Crippen MR) is 120 cm³/mol. The Balaban J connectivity index is 2.07. The summed E-state index contributed by atoms with van der Waals surface area (Å²) < 4.78 is 0. The number of nitrogens with zero attached hydrogens (tertiary/aromatic N) is 4. The maximum absolute atomic E-state index is 11.9. The molecule has 2 aliphatic heterocycles. The zero-order valence-corrected chi connectivity index (χ0v) is 18.6. The van der Waals surface area contributed by atoms with Gasteiger partial charge in [-0.15, -0.1) is 0 Å². The van der Waals surface area contributed by atoms with Gasteiger partial charge in [0.05, 0.1) is 0 Å². The van der Waals surface area contributed by atoms with E-state index in [9.17, 15) is 9.59 Å². The lowest BCUT2D eigenvalue weighted by molar-refractivity contribution is -0.137. The van der Waals surface area contributed by atoms with Crippen LogP contribution in [0.2, 0.25) is 0 Å². The van der Waals surface area contributed by atoms with Gasteiger partial charge in [-0.25, -0.2) is 0 Å². The third-order valence-electron chi connectivity index (χ3n) is 5.23. The molecule has 2 amide bonds. The second kappa shape index (κ2) is 12.4. The first-order chi connectivity index (χ1) is 13.1. The summed E-state index contributed by atoms with van der Waals surface area (Å²) in [5.74, 6) is 2.07. The molecule has 27 heavy (non-hydrogen) atoms. The first-order valence-corrected chi connectivity index (χ1v) is 11.5. The van der Waals surface area contributed by atoms with Gasteiger partial charge in [0.25, 0.3) is 11.8 Å². The molecule has 0 aliphatic carbocycles. The molecule has 0 spiro atoms. The van der Waals surface area contributed by atoms with Gasteiger partial charge in [0, 0.05) is 94.4 Å². The fourth-order valence-corrected chi connectivity index (χ4v) is 4.51. The van der Waals surface area contributed by atoms with Gasteiger partial charge in [-0.05, 0) is 6.42 Å². The highest BCUT2D eigenvalue weighted by Gasteiger charge is 2.28. The maximum Gasteiger partial charge on any atom is 0.253 e. The normalized spacial score (nSPS) is 23.7. The van der Waals surface area contributed by atoms with Crippen LogP contribution in [-0.4, -0.2) is 114 Å². The van der Waals surface area contributed by atoms with Crippen molar-refractivity contribution in [2.45, 2.75) is 12.5 Å². The first kappa shape index (κ1) is 23.1. The van der Waals surface area contributed by atoms with Crippen LogP contribution in [-0.2, 0) is 9.59 Å². The Bertz CT molecular complexity index is 503. The van der Waals surface area contributed by atoms with Crippen LogP contribution in [0.25, 0.3) is 0 Å². The van der Waals surface area contributed by atoms with E-state index < -0.39 is 0 Å². The molecule has 2 rings (SSSR count). The minimum Gasteiger partial charge on any atom is -0.300 e. The van der Waals surface area contributed by atoms with E-state index in [1.165, 1.54) is 17.1 Å². The second-order valence-corrected chi connectivity index (χ2v) is 8.29. The van der Waals surface area contributed by atoms with E-state index in [-0.39, 0.29) is 17.9 Å². The molecule has 0 N–H and O–H groups in total. The van der Waals surface area contributed by atoms with E-state index in [0.29, 0.717) is 6.54 Å². The van der Waals surface area contributed by atoms with Gasteiger partial charge in [0.1, 0.15) is 0 Å². The monoisotopic (exact) mass is 432 g/mol. The van der Waals surface area contributed by atoms with Crippen LogP contribution in [0.4, 0.5) is 0 Å². The largest absolute Gasteiger partial charge is 0.300 e. The summed E-state index contributed by atoms with van der Waals surface area (Å²) in [4.78, 5) is 32.5. The number of carbonyl (C=O) groups is 2. The average Bonchev–Trinajstić information content (AvgIpc) is 3.00. The molecule has 6 nitrogen and oxygen atoms in total. The van der Waals surface area contributed by atoms with E-state index in [0.717, 1.165) is 76.0 Å². The third kappa shape index (κ3) is 7.29. The van der Waals surface area contributed by atoms with Crippen LogP contribution in [0, 0.1) is 0 Å². The molecule has 154 valence electrons. The highest BCUT2D eigenvalue weighted by Crippen LogP contribution is 2.14. The molecule has 1 atom stereocenters. The summed E-state index contributed by atoms with van der Waals surface area (Å²) >= 11 is 13.3. The zero-order chi connectivity index (χ0) is 19.6. The van der Waals surface area contributed by atoms with Crippen LogP contribution >= 0.6 is 37.9 Å². The summed E-state index contributed by atoms with van der Waals surface area (Å²) in [6.45, 7) is 8.21. The van der Waals surface area contributed by atoms with Gasteiger partial charge < -0.3 is 0 Å². The molecule has 0 aromatic rings. The Labute approximate surface area is 179 Å². The van der Waals surface area contributed by atoms with Crippen LogP contribution in [0.15, 0.2) is 12.2 Å². The van der Waals surface area contributed by atoms with Crippen molar-refractivity contribution in [3.8, 4) is 0 Å². The van der Waals surface area contributed by atoms with Gasteiger partial charge in [0.2, 0.25) is 0 Å². The Morgan fingerprint density at radius 2 is 1.33 bits per heavy atom. The smallest absolute Gasteiger partial charge is 0.253 e. The second-order valence-electron chi connectivity index (χ2n) is 6.95. The fourth-order valence-electron chi connectivity index (χ4n) is 3.69. The van der Waals surface area contributed by atoms with Crippen molar-refractivity contribution in [2.75, 3.05) is 76.2 Å². The molecule has 0 aromatic carbocycles. The number of hydrogen-bond donors (Lipinski definition) is 3. The number of thiol groups is 3.